The van der Waals surface area contributed by atoms with Gasteiger partial charge in [0.25, 0.3) is 0 Å². The van der Waals surface area contributed by atoms with Gasteiger partial charge in [-0.25, -0.2) is 4.98 Å². The maximum Gasteiger partial charge on any atom is 0.222 e. The fraction of sp³-hybridized carbons (Fsp3) is 0.692. The standard InChI is InChI=1S/C13H24N4O3/c1-3-4-10(5-6-18)16-12-11(20-8-7-19-2)9-15-13(14)17-12/h9-10,18H,3-8H2,1-2H3,(H3,14,15,16,17)/t10-/m0/s1. The summed E-state index contributed by atoms with van der Waals surface area (Å²) >= 11 is 0. The molecule has 0 unspecified atom stereocenters. The summed E-state index contributed by atoms with van der Waals surface area (Å²) in [6.45, 7) is 3.12. The van der Waals surface area contributed by atoms with E-state index in [0.29, 0.717) is 31.2 Å². The third-order valence-corrected chi connectivity index (χ3v) is 2.77. The number of ether oxygens (including phenoxy) is 2. The van der Waals surface area contributed by atoms with E-state index in [4.69, 9.17) is 20.3 Å². The van der Waals surface area contributed by atoms with E-state index in [1.165, 1.54) is 0 Å². The molecule has 7 nitrogen and oxygen atoms in total. The minimum absolute atomic E-state index is 0.123. The lowest BCUT2D eigenvalue weighted by Gasteiger charge is -2.19. The van der Waals surface area contributed by atoms with E-state index in [9.17, 15) is 0 Å². The number of aromatic nitrogens is 2. The van der Waals surface area contributed by atoms with Crippen LogP contribution in [0.25, 0.3) is 0 Å². The van der Waals surface area contributed by atoms with Gasteiger partial charge in [0, 0.05) is 19.8 Å². The molecule has 114 valence electrons. The molecule has 0 saturated carbocycles. The van der Waals surface area contributed by atoms with Gasteiger partial charge in [0.2, 0.25) is 5.95 Å². The minimum Gasteiger partial charge on any atom is -0.486 e. The van der Waals surface area contributed by atoms with Crippen LogP contribution in [-0.4, -0.2) is 48.0 Å². The first-order chi connectivity index (χ1) is 9.71. The molecule has 1 atom stereocenters. The van der Waals surface area contributed by atoms with Crippen LogP contribution in [-0.2, 0) is 4.74 Å². The monoisotopic (exact) mass is 284 g/mol. The minimum atomic E-state index is 0.123. The second kappa shape index (κ2) is 9.33. The Morgan fingerprint density at radius 3 is 2.85 bits per heavy atom. The highest BCUT2D eigenvalue weighted by atomic mass is 16.5. The van der Waals surface area contributed by atoms with Gasteiger partial charge in [-0.2, -0.15) is 4.98 Å². The number of hydrogen-bond acceptors (Lipinski definition) is 7. The Bertz CT molecular complexity index is 384. The van der Waals surface area contributed by atoms with E-state index in [1.807, 2.05) is 0 Å². The van der Waals surface area contributed by atoms with E-state index in [1.54, 1.807) is 13.3 Å². The average Bonchev–Trinajstić information content (AvgIpc) is 2.42. The Hall–Kier alpha value is -1.60. The van der Waals surface area contributed by atoms with Crippen molar-refractivity contribution >= 4 is 11.8 Å². The van der Waals surface area contributed by atoms with E-state index in [-0.39, 0.29) is 18.6 Å². The second-order valence-corrected chi connectivity index (χ2v) is 4.42. The predicted molar refractivity (Wildman–Crippen MR) is 77.8 cm³/mol. The largest absolute Gasteiger partial charge is 0.486 e. The third kappa shape index (κ3) is 5.58. The zero-order valence-corrected chi connectivity index (χ0v) is 12.1. The van der Waals surface area contributed by atoms with Crippen LogP contribution < -0.4 is 15.8 Å². The van der Waals surface area contributed by atoms with Crippen molar-refractivity contribution < 1.29 is 14.6 Å². The van der Waals surface area contributed by atoms with Crippen LogP contribution in [0.1, 0.15) is 26.2 Å². The molecule has 0 aliphatic carbocycles. The molecule has 1 rings (SSSR count). The molecule has 0 radical (unpaired) electrons. The SMILES string of the molecule is CCC[C@@H](CCO)Nc1nc(N)ncc1OCCOC. The lowest BCUT2D eigenvalue weighted by molar-refractivity contribution is 0.146. The lowest BCUT2D eigenvalue weighted by Crippen LogP contribution is -2.22. The number of aliphatic hydroxyl groups is 1. The fourth-order valence-corrected chi connectivity index (χ4v) is 1.81. The van der Waals surface area contributed by atoms with Crippen molar-refractivity contribution in [1.82, 2.24) is 9.97 Å². The van der Waals surface area contributed by atoms with Crippen LogP contribution >= 0.6 is 0 Å². The van der Waals surface area contributed by atoms with Gasteiger partial charge < -0.3 is 25.6 Å². The summed E-state index contributed by atoms with van der Waals surface area (Å²) in [6.07, 6.45) is 4.14. The van der Waals surface area contributed by atoms with Gasteiger partial charge in [0.1, 0.15) is 6.61 Å². The first-order valence-electron chi connectivity index (χ1n) is 6.82. The van der Waals surface area contributed by atoms with Crippen LogP contribution in [0, 0.1) is 0 Å². The van der Waals surface area contributed by atoms with E-state index >= 15 is 0 Å². The van der Waals surface area contributed by atoms with Gasteiger partial charge >= 0.3 is 0 Å². The quantitative estimate of drug-likeness (QED) is 0.552. The molecule has 1 aromatic heterocycles. The second-order valence-electron chi connectivity index (χ2n) is 4.42. The molecule has 0 saturated heterocycles. The highest BCUT2D eigenvalue weighted by Gasteiger charge is 2.13. The Morgan fingerprint density at radius 2 is 2.20 bits per heavy atom. The van der Waals surface area contributed by atoms with Gasteiger partial charge in [0.15, 0.2) is 11.6 Å². The first kappa shape index (κ1) is 16.5. The van der Waals surface area contributed by atoms with Crippen molar-refractivity contribution in [2.45, 2.75) is 32.2 Å². The van der Waals surface area contributed by atoms with Crippen LogP contribution in [0.15, 0.2) is 6.20 Å². The number of hydrogen-bond donors (Lipinski definition) is 3. The number of anilines is 2. The smallest absolute Gasteiger partial charge is 0.222 e. The van der Waals surface area contributed by atoms with E-state index in [0.717, 1.165) is 12.8 Å². The summed E-state index contributed by atoms with van der Waals surface area (Å²) in [5.41, 5.74) is 5.61. The molecular weight excluding hydrogens is 260 g/mol. The molecule has 0 aliphatic heterocycles. The number of nitrogen functional groups attached to an aromatic ring is 1. The molecule has 0 aliphatic rings. The molecule has 0 aromatic carbocycles. The highest BCUT2D eigenvalue weighted by molar-refractivity contribution is 5.51. The summed E-state index contributed by atoms with van der Waals surface area (Å²) in [5.74, 6) is 1.28. The number of nitrogens with zero attached hydrogens (tertiary/aromatic N) is 2. The van der Waals surface area contributed by atoms with Gasteiger partial charge in [-0.15, -0.1) is 0 Å². The van der Waals surface area contributed by atoms with Gasteiger partial charge in [-0.05, 0) is 12.8 Å². The molecule has 0 bridgehead atoms. The maximum atomic E-state index is 9.09. The third-order valence-electron chi connectivity index (χ3n) is 2.77. The molecule has 0 spiro atoms. The first-order valence-corrected chi connectivity index (χ1v) is 6.82. The van der Waals surface area contributed by atoms with Crippen molar-refractivity contribution in [1.29, 1.82) is 0 Å². The number of rotatable bonds is 10. The predicted octanol–water partition coefficient (Wildman–Crippen LogP) is 1.05. The molecular formula is C13H24N4O3. The number of nitrogens with two attached hydrogens (primary N) is 1. The van der Waals surface area contributed by atoms with Gasteiger partial charge in [0.05, 0.1) is 12.8 Å². The Balaban J connectivity index is 2.75. The zero-order valence-electron chi connectivity index (χ0n) is 12.1. The maximum absolute atomic E-state index is 9.09. The fourth-order valence-electron chi connectivity index (χ4n) is 1.81. The van der Waals surface area contributed by atoms with Crippen molar-refractivity contribution in [3.63, 3.8) is 0 Å². The molecule has 1 aromatic rings. The van der Waals surface area contributed by atoms with E-state index < -0.39 is 0 Å². The van der Waals surface area contributed by atoms with Crippen molar-refractivity contribution in [2.75, 3.05) is 38.0 Å². The topological polar surface area (TPSA) is 103 Å². The molecule has 7 heteroatoms. The summed E-state index contributed by atoms with van der Waals surface area (Å²) in [7, 11) is 1.61. The summed E-state index contributed by atoms with van der Waals surface area (Å²) in [6, 6.07) is 0.129. The highest BCUT2D eigenvalue weighted by Crippen LogP contribution is 2.23. The normalized spacial score (nSPS) is 12.2. The summed E-state index contributed by atoms with van der Waals surface area (Å²) in [4.78, 5) is 8.09. The van der Waals surface area contributed by atoms with Crippen LogP contribution in [0.5, 0.6) is 5.75 Å². The molecule has 1 heterocycles. The Labute approximate surface area is 119 Å². The lowest BCUT2D eigenvalue weighted by atomic mass is 10.1. The van der Waals surface area contributed by atoms with Crippen LogP contribution in [0.2, 0.25) is 0 Å². The number of aliphatic hydroxyl groups excluding tert-OH is 1. The Kier molecular flexibility index (Phi) is 7.67. The molecule has 4 N–H and O–H groups in total. The zero-order chi connectivity index (χ0) is 14.8. The number of methoxy groups -OCH3 is 1. The van der Waals surface area contributed by atoms with Gasteiger partial charge in [-0.3, -0.25) is 0 Å². The summed E-state index contributed by atoms with van der Waals surface area (Å²) < 4.78 is 10.5. The van der Waals surface area contributed by atoms with E-state index in [2.05, 4.69) is 22.2 Å². The average molecular weight is 284 g/mol. The van der Waals surface area contributed by atoms with Gasteiger partial charge in [-0.1, -0.05) is 13.3 Å². The molecule has 20 heavy (non-hydrogen) atoms. The van der Waals surface area contributed by atoms with Crippen LogP contribution in [0.4, 0.5) is 11.8 Å². The Morgan fingerprint density at radius 1 is 1.40 bits per heavy atom. The van der Waals surface area contributed by atoms with Crippen molar-refractivity contribution in [2.24, 2.45) is 0 Å². The molecule has 0 amide bonds. The molecule has 0 fully saturated rings. The van der Waals surface area contributed by atoms with Crippen molar-refractivity contribution in [3.8, 4) is 5.75 Å². The number of nitrogens with one attached hydrogen (secondary N) is 1. The summed E-state index contributed by atoms with van der Waals surface area (Å²) in [5, 5.41) is 12.4. The van der Waals surface area contributed by atoms with Crippen molar-refractivity contribution in [3.05, 3.63) is 6.20 Å². The van der Waals surface area contributed by atoms with Crippen LogP contribution in [0.3, 0.4) is 0 Å².